The number of aromatic carboxylic acids is 1. The molecular weight excluding hydrogens is 469 g/mol. The van der Waals surface area contributed by atoms with Crippen LogP contribution in [0.4, 0.5) is 5.69 Å². The summed E-state index contributed by atoms with van der Waals surface area (Å²) in [5, 5.41) is 11.8. The highest BCUT2D eigenvalue weighted by atomic mass is 79.9. The van der Waals surface area contributed by atoms with Gasteiger partial charge in [0.15, 0.2) is 0 Å². The number of halogens is 4. The topological polar surface area (TPSA) is 66.4 Å². The lowest BCUT2D eigenvalue weighted by molar-refractivity contribution is 0.0698. The Morgan fingerprint density at radius 3 is 2.33 bits per heavy atom. The van der Waals surface area contributed by atoms with Crippen LogP contribution in [0.25, 0.3) is 0 Å². The predicted octanol–water partition coefficient (Wildman–Crippen LogP) is 5.53. The van der Waals surface area contributed by atoms with E-state index < -0.39 is 11.9 Å². The van der Waals surface area contributed by atoms with Gasteiger partial charge in [-0.05, 0) is 50.1 Å². The maximum atomic E-state index is 12.2. The van der Waals surface area contributed by atoms with Crippen LogP contribution in [0.3, 0.4) is 0 Å². The molecule has 1 aromatic carbocycles. The van der Waals surface area contributed by atoms with E-state index in [-0.39, 0.29) is 21.3 Å². The molecule has 0 spiro atoms. The maximum absolute atomic E-state index is 12.2. The number of hydrogen-bond acceptors (Lipinski definition) is 3. The lowest BCUT2D eigenvalue weighted by Gasteiger charge is -2.11. The van der Waals surface area contributed by atoms with Crippen LogP contribution in [-0.2, 0) is 0 Å². The smallest absolute Gasteiger partial charge is 0.339 e. The van der Waals surface area contributed by atoms with Crippen molar-refractivity contribution in [3.8, 4) is 0 Å². The summed E-state index contributed by atoms with van der Waals surface area (Å²) in [5.41, 5.74) is -0.269. The quantitative estimate of drug-likeness (QED) is 0.616. The molecule has 0 fully saturated rings. The Morgan fingerprint density at radius 2 is 1.81 bits per heavy atom. The molecule has 1 aromatic heterocycles. The number of carbonyl (C=O) groups is 2. The van der Waals surface area contributed by atoms with E-state index in [0.717, 1.165) is 8.26 Å². The Kier molecular flexibility index (Phi) is 5.32. The Hall–Kier alpha value is -0.600. The summed E-state index contributed by atoms with van der Waals surface area (Å²) in [6.07, 6.45) is 0. The van der Waals surface area contributed by atoms with E-state index in [1.54, 1.807) is 6.07 Å². The van der Waals surface area contributed by atoms with Crippen molar-refractivity contribution < 1.29 is 14.7 Å². The summed E-state index contributed by atoms with van der Waals surface area (Å²) in [6, 6.07) is 4.40. The molecule has 0 aliphatic carbocycles. The number of thiophene rings is 1. The first kappa shape index (κ1) is 16.8. The summed E-state index contributed by atoms with van der Waals surface area (Å²) < 4.78 is 1.48. The summed E-state index contributed by atoms with van der Waals surface area (Å²) in [5.74, 6) is -1.75. The second-order valence-electron chi connectivity index (χ2n) is 3.77. The SMILES string of the molecule is O=C(Nc1c(Cl)ccc(Cl)c1C(=O)O)c1cc(Br)c(Br)s1. The number of nitrogens with one attached hydrogen (secondary N) is 1. The fraction of sp³-hybridized carbons (Fsp3) is 0. The zero-order chi connectivity index (χ0) is 15.7. The van der Waals surface area contributed by atoms with Crippen molar-refractivity contribution in [2.24, 2.45) is 0 Å². The van der Waals surface area contributed by atoms with E-state index in [9.17, 15) is 14.7 Å². The van der Waals surface area contributed by atoms with E-state index in [1.807, 2.05) is 0 Å². The number of carboxylic acids is 1. The van der Waals surface area contributed by atoms with Crippen LogP contribution < -0.4 is 5.32 Å². The standard InChI is InChI=1S/C12H5Br2Cl2NO3S/c13-4-3-7(21-10(4)14)11(18)17-9-6(16)2-1-5(15)8(9)12(19)20/h1-3H,(H,17,18)(H,19,20). The van der Waals surface area contributed by atoms with E-state index in [1.165, 1.54) is 23.5 Å². The van der Waals surface area contributed by atoms with Crippen molar-refractivity contribution in [2.45, 2.75) is 0 Å². The van der Waals surface area contributed by atoms with E-state index in [2.05, 4.69) is 37.2 Å². The van der Waals surface area contributed by atoms with Gasteiger partial charge in [-0.2, -0.15) is 0 Å². The van der Waals surface area contributed by atoms with Crippen molar-refractivity contribution in [1.29, 1.82) is 0 Å². The van der Waals surface area contributed by atoms with Crippen LogP contribution >= 0.6 is 66.4 Å². The van der Waals surface area contributed by atoms with Gasteiger partial charge in [0.1, 0.15) is 5.56 Å². The zero-order valence-corrected chi connectivity index (χ0v) is 15.4. The van der Waals surface area contributed by atoms with Crippen LogP contribution in [0, 0.1) is 0 Å². The minimum absolute atomic E-state index is 0.00394. The minimum atomic E-state index is -1.27. The third-order valence-corrected chi connectivity index (χ3v) is 6.31. The van der Waals surface area contributed by atoms with Crippen LogP contribution in [-0.4, -0.2) is 17.0 Å². The van der Waals surface area contributed by atoms with Gasteiger partial charge in [-0.15, -0.1) is 11.3 Å². The molecule has 0 saturated heterocycles. The lowest BCUT2D eigenvalue weighted by Crippen LogP contribution is -2.14. The molecule has 4 nitrogen and oxygen atoms in total. The van der Waals surface area contributed by atoms with Crippen molar-refractivity contribution in [2.75, 3.05) is 5.32 Å². The van der Waals surface area contributed by atoms with Crippen LogP contribution in [0.5, 0.6) is 0 Å². The summed E-state index contributed by atoms with van der Waals surface area (Å²) >= 11 is 19.6. The molecular formula is C12H5Br2Cl2NO3S. The molecule has 1 heterocycles. The molecule has 0 atom stereocenters. The molecule has 0 aliphatic heterocycles. The molecule has 2 N–H and O–H groups in total. The van der Waals surface area contributed by atoms with Gasteiger partial charge >= 0.3 is 5.97 Å². The Bertz CT molecular complexity index is 729. The van der Waals surface area contributed by atoms with Gasteiger partial charge in [0.05, 0.1) is 24.4 Å². The molecule has 0 aliphatic rings. The lowest BCUT2D eigenvalue weighted by atomic mass is 10.1. The molecule has 110 valence electrons. The average molecular weight is 474 g/mol. The highest BCUT2D eigenvalue weighted by molar-refractivity contribution is 9.13. The van der Waals surface area contributed by atoms with Crippen molar-refractivity contribution in [3.63, 3.8) is 0 Å². The van der Waals surface area contributed by atoms with Crippen LogP contribution in [0.1, 0.15) is 20.0 Å². The van der Waals surface area contributed by atoms with Crippen molar-refractivity contribution in [1.82, 2.24) is 0 Å². The number of carboxylic acid groups (broad SMARTS) is 1. The van der Waals surface area contributed by atoms with Gasteiger partial charge < -0.3 is 10.4 Å². The zero-order valence-electron chi connectivity index (χ0n) is 9.92. The second-order valence-corrected chi connectivity index (χ2v) is 7.81. The Labute approximate surface area is 150 Å². The Morgan fingerprint density at radius 1 is 1.19 bits per heavy atom. The molecule has 9 heteroatoms. The molecule has 0 unspecified atom stereocenters. The first-order chi connectivity index (χ1) is 9.81. The average Bonchev–Trinajstić information content (AvgIpc) is 2.73. The summed E-state index contributed by atoms with van der Waals surface area (Å²) in [7, 11) is 0. The highest BCUT2D eigenvalue weighted by Gasteiger charge is 2.21. The highest BCUT2D eigenvalue weighted by Crippen LogP contribution is 2.35. The van der Waals surface area contributed by atoms with Gasteiger partial charge in [-0.1, -0.05) is 23.2 Å². The molecule has 2 aromatic rings. The molecule has 2 rings (SSSR count). The predicted molar refractivity (Wildman–Crippen MR) is 91.1 cm³/mol. The van der Waals surface area contributed by atoms with E-state index >= 15 is 0 Å². The van der Waals surface area contributed by atoms with Gasteiger partial charge in [-0.3, -0.25) is 4.79 Å². The van der Waals surface area contributed by atoms with E-state index in [0.29, 0.717) is 4.88 Å². The normalized spacial score (nSPS) is 10.5. The number of benzene rings is 1. The molecule has 0 bridgehead atoms. The number of carbonyl (C=O) groups excluding carboxylic acids is 1. The molecule has 21 heavy (non-hydrogen) atoms. The summed E-state index contributed by atoms with van der Waals surface area (Å²) in [6.45, 7) is 0. The van der Waals surface area contributed by atoms with Gasteiger partial charge in [0.2, 0.25) is 0 Å². The maximum Gasteiger partial charge on any atom is 0.339 e. The number of anilines is 1. The molecule has 0 saturated carbocycles. The third kappa shape index (κ3) is 3.60. The first-order valence-corrected chi connectivity index (χ1v) is 8.44. The van der Waals surface area contributed by atoms with Crippen molar-refractivity contribution in [3.05, 3.63) is 46.9 Å². The number of rotatable bonds is 3. The van der Waals surface area contributed by atoms with Crippen LogP contribution in [0.15, 0.2) is 26.5 Å². The molecule has 0 radical (unpaired) electrons. The second kappa shape index (κ2) is 6.66. The number of hydrogen-bond donors (Lipinski definition) is 2. The fourth-order valence-electron chi connectivity index (χ4n) is 1.52. The largest absolute Gasteiger partial charge is 0.478 e. The summed E-state index contributed by atoms with van der Waals surface area (Å²) in [4.78, 5) is 23.8. The number of amides is 1. The minimum Gasteiger partial charge on any atom is -0.478 e. The van der Waals surface area contributed by atoms with Crippen molar-refractivity contribution >= 4 is 84.0 Å². The van der Waals surface area contributed by atoms with Gasteiger partial charge in [0.25, 0.3) is 5.91 Å². The Balaban J connectivity index is 2.41. The van der Waals surface area contributed by atoms with E-state index in [4.69, 9.17) is 23.2 Å². The fourth-order valence-corrected chi connectivity index (χ4v) is 3.89. The molecule has 1 amide bonds. The monoisotopic (exact) mass is 471 g/mol. The van der Waals surface area contributed by atoms with Gasteiger partial charge in [-0.25, -0.2) is 4.79 Å². The van der Waals surface area contributed by atoms with Gasteiger partial charge in [0, 0.05) is 4.47 Å². The van der Waals surface area contributed by atoms with Crippen LogP contribution in [0.2, 0.25) is 10.0 Å². The first-order valence-electron chi connectivity index (χ1n) is 5.28. The third-order valence-electron chi connectivity index (χ3n) is 2.42.